The number of rotatable bonds is 4. The van der Waals surface area contributed by atoms with E-state index in [1.165, 1.54) is 6.07 Å². The van der Waals surface area contributed by atoms with Crippen LogP contribution < -0.4 is 9.64 Å². The van der Waals surface area contributed by atoms with E-state index in [2.05, 4.69) is 15.0 Å². The fourth-order valence-corrected chi connectivity index (χ4v) is 2.71. The lowest BCUT2D eigenvalue weighted by Crippen LogP contribution is -2.38. The maximum absolute atomic E-state index is 12.6. The van der Waals surface area contributed by atoms with Crippen LogP contribution in [0.5, 0.6) is 5.88 Å². The number of aromatic nitrogens is 3. The van der Waals surface area contributed by atoms with Gasteiger partial charge >= 0.3 is 6.18 Å². The molecule has 1 aliphatic heterocycles. The highest BCUT2D eigenvalue weighted by molar-refractivity contribution is 5.40. The van der Waals surface area contributed by atoms with Gasteiger partial charge in [-0.2, -0.15) is 13.2 Å². The molecule has 2 aromatic heterocycles. The van der Waals surface area contributed by atoms with E-state index in [-0.39, 0.29) is 5.92 Å². The summed E-state index contributed by atoms with van der Waals surface area (Å²) in [6.45, 7) is 1.97. The monoisotopic (exact) mass is 338 g/mol. The van der Waals surface area contributed by atoms with E-state index in [9.17, 15) is 13.2 Å². The Kier molecular flexibility index (Phi) is 4.82. The van der Waals surface area contributed by atoms with Gasteiger partial charge in [-0.05, 0) is 25.0 Å². The molecule has 1 unspecified atom stereocenters. The number of nitrogens with zero attached hydrogens (tertiary/aromatic N) is 4. The van der Waals surface area contributed by atoms with Gasteiger partial charge in [0, 0.05) is 37.6 Å². The van der Waals surface area contributed by atoms with Crippen molar-refractivity contribution in [1.82, 2.24) is 15.0 Å². The quantitative estimate of drug-likeness (QED) is 0.857. The minimum absolute atomic E-state index is 0.268. The lowest BCUT2D eigenvalue weighted by molar-refractivity contribution is -0.137. The predicted octanol–water partition coefficient (Wildman–Crippen LogP) is 3.19. The first-order valence-electron chi connectivity index (χ1n) is 7.69. The normalized spacial score (nSPS) is 18.5. The van der Waals surface area contributed by atoms with Gasteiger partial charge in [-0.3, -0.25) is 4.98 Å². The van der Waals surface area contributed by atoms with Crippen molar-refractivity contribution >= 4 is 5.82 Å². The highest BCUT2D eigenvalue weighted by Crippen LogP contribution is 2.30. The number of ether oxygens (including phenoxy) is 1. The van der Waals surface area contributed by atoms with Crippen molar-refractivity contribution in [3.05, 3.63) is 42.5 Å². The van der Waals surface area contributed by atoms with Crippen molar-refractivity contribution < 1.29 is 17.9 Å². The Morgan fingerprint density at radius 1 is 1.17 bits per heavy atom. The predicted molar refractivity (Wildman–Crippen MR) is 81.7 cm³/mol. The third-order valence-corrected chi connectivity index (χ3v) is 3.92. The third kappa shape index (κ3) is 4.12. The second kappa shape index (κ2) is 7.02. The van der Waals surface area contributed by atoms with Crippen LogP contribution in [-0.2, 0) is 6.18 Å². The fourth-order valence-electron chi connectivity index (χ4n) is 2.71. The van der Waals surface area contributed by atoms with Crippen molar-refractivity contribution in [3.63, 3.8) is 0 Å². The van der Waals surface area contributed by atoms with Crippen molar-refractivity contribution in [1.29, 1.82) is 0 Å². The molecule has 128 valence electrons. The maximum atomic E-state index is 12.6. The molecular weight excluding hydrogens is 321 g/mol. The van der Waals surface area contributed by atoms with Gasteiger partial charge in [-0.15, -0.1) is 0 Å². The van der Waals surface area contributed by atoms with Gasteiger partial charge in [-0.25, -0.2) is 9.97 Å². The minimum atomic E-state index is -4.36. The first-order chi connectivity index (χ1) is 11.5. The molecule has 0 radical (unpaired) electrons. The molecule has 1 aliphatic rings. The molecule has 2 aromatic rings. The van der Waals surface area contributed by atoms with Gasteiger partial charge in [0.25, 0.3) is 0 Å². The zero-order valence-electron chi connectivity index (χ0n) is 12.9. The van der Waals surface area contributed by atoms with Gasteiger partial charge in [-0.1, -0.05) is 0 Å². The average Bonchev–Trinajstić information content (AvgIpc) is 2.60. The number of piperidine rings is 1. The standard InChI is InChI=1S/C16H17F3N4O/c17-16(18,19)13-3-4-14(22-8-13)23-7-1-2-12(10-23)11-24-15-9-20-5-6-21-15/h3-6,8-9,12H,1-2,7,10-11H2. The maximum Gasteiger partial charge on any atom is 0.417 e. The molecule has 0 aromatic carbocycles. The van der Waals surface area contributed by atoms with Crippen LogP contribution in [0, 0.1) is 5.92 Å². The molecule has 0 N–H and O–H groups in total. The van der Waals surface area contributed by atoms with Crippen LogP contribution in [0.15, 0.2) is 36.9 Å². The molecule has 24 heavy (non-hydrogen) atoms. The molecule has 8 heteroatoms. The number of anilines is 1. The van der Waals surface area contributed by atoms with Crippen molar-refractivity contribution in [2.45, 2.75) is 19.0 Å². The lowest BCUT2D eigenvalue weighted by Gasteiger charge is -2.33. The summed E-state index contributed by atoms with van der Waals surface area (Å²) in [6, 6.07) is 2.50. The number of alkyl halides is 3. The molecule has 0 spiro atoms. The number of halogens is 3. The average molecular weight is 338 g/mol. The Morgan fingerprint density at radius 3 is 2.71 bits per heavy atom. The minimum Gasteiger partial charge on any atom is -0.476 e. The van der Waals surface area contributed by atoms with E-state index in [0.29, 0.717) is 24.8 Å². The van der Waals surface area contributed by atoms with Crippen molar-refractivity contribution in [3.8, 4) is 5.88 Å². The Labute approximate surface area is 137 Å². The lowest BCUT2D eigenvalue weighted by atomic mass is 9.99. The molecule has 1 saturated heterocycles. The van der Waals surface area contributed by atoms with E-state index < -0.39 is 11.7 Å². The summed E-state index contributed by atoms with van der Waals surface area (Å²) in [7, 11) is 0. The summed E-state index contributed by atoms with van der Waals surface area (Å²) in [4.78, 5) is 14.0. The molecule has 0 saturated carbocycles. The fraction of sp³-hybridized carbons (Fsp3) is 0.438. The molecule has 1 fully saturated rings. The Hall–Kier alpha value is -2.38. The molecular formula is C16H17F3N4O. The first kappa shape index (κ1) is 16.5. The van der Waals surface area contributed by atoms with E-state index in [1.54, 1.807) is 18.6 Å². The second-order valence-corrected chi connectivity index (χ2v) is 5.71. The molecule has 0 amide bonds. The number of hydrogen-bond acceptors (Lipinski definition) is 5. The van der Waals surface area contributed by atoms with Crippen LogP contribution >= 0.6 is 0 Å². The Bertz CT molecular complexity index is 649. The van der Waals surface area contributed by atoms with E-state index in [4.69, 9.17) is 4.74 Å². The molecule has 0 bridgehead atoms. The van der Waals surface area contributed by atoms with E-state index in [1.807, 2.05) is 4.90 Å². The Morgan fingerprint density at radius 2 is 2.04 bits per heavy atom. The molecule has 3 heterocycles. The van der Waals surface area contributed by atoms with Crippen LogP contribution in [0.2, 0.25) is 0 Å². The largest absolute Gasteiger partial charge is 0.476 e. The second-order valence-electron chi connectivity index (χ2n) is 5.71. The number of hydrogen-bond donors (Lipinski definition) is 0. The zero-order chi connectivity index (χ0) is 17.0. The molecule has 5 nitrogen and oxygen atoms in total. The van der Waals surface area contributed by atoms with Gasteiger partial charge in [0.2, 0.25) is 5.88 Å². The van der Waals surface area contributed by atoms with Crippen LogP contribution in [0.3, 0.4) is 0 Å². The van der Waals surface area contributed by atoms with Crippen LogP contribution in [0.1, 0.15) is 18.4 Å². The Balaban J connectivity index is 1.59. The van der Waals surface area contributed by atoms with Crippen LogP contribution in [-0.4, -0.2) is 34.6 Å². The summed E-state index contributed by atoms with van der Waals surface area (Å²) in [6.07, 6.45) is 3.16. The summed E-state index contributed by atoms with van der Waals surface area (Å²) in [5, 5.41) is 0. The summed E-state index contributed by atoms with van der Waals surface area (Å²) >= 11 is 0. The number of pyridine rings is 1. The molecule has 0 aliphatic carbocycles. The van der Waals surface area contributed by atoms with E-state index >= 15 is 0 Å². The summed E-state index contributed by atoms with van der Waals surface area (Å²) in [5.41, 5.74) is -0.731. The topological polar surface area (TPSA) is 51.1 Å². The zero-order valence-corrected chi connectivity index (χ0v) is 12.9. The molecule has 1 atom stereocenters. The summed E-state index contributed by atoms with van der Waals surface area (Å²) in [5.74, 6) is 1.30. The van der Waals surface area contributed by atoms with Crippen molar-refractivity contribution in [2.24, 2.45) is 5.92 Å². The van der Waals surface area contributed by atoms with Gasteiger partial charge in [0.15, 0.2) is 0 Å². The SMILES string of the molecule is FC(F)(F)c1ccc(N2CCCC(COc3cnccn3)C2)nc1. The van der Waals surface area contributed by atoms with Crippen molar-refractivity contribution in [2.75, 3.05) is 24.6 Å². The van der Waals surface area contributed by atoms with E-state index in [0.717, 1.165) is 31.6 Å². The smallest absolute Gasteiger partial charge is 0.417 e. The third-order valence-electron chi connectivity index (χ3n) is 3.92. The van der Waals surface area contributed by atoms with Gasteiger partial charge in [0.05, 0.1) is 18.4 Å². The summed E-state index contributed by atoms with van der Waals surface area (Å²) < 4.78 is 43.4. The highest BCUT2D eigenvalue weighted by atomic mass is 19.4. The van der Waals surface area contributed by atoms with Gasteiger partial charge in [0.1, 0.15) is 5.82 Å². The highest BCUT2D eigenvalue weighted by Gasteiger charge is 2.31. The molecule has 3 rings (SSSR count). The first-order valence-corrected chi connectivity index (χ1v) is 7.69. The van der Waals surface area contributed by atoms with Crippen LogP contribution in [0.4, 0.5) is 19.0 Å². The van der Waals surface area contributed by atoms with Crippen LogP contribution in [0.25, 0.3) is 0 Å². The van der Waals surface area contributed by atoms with Gasteiger partial charge < -0.3 is 9.64 Å².